The fourth-order valence-electron chi connectivity index (χ4n) is 4.30. The standard InChI is InChI=1S/C30H29BrN4O3S/c1-19(2)38-28(36)26-20(3)32-29-33-30(39-18-21-8-5-4-6-9-21)34-35(29)27(26)23-12-14-25(15-13-23)37-17-22-10-7-11-24(31)16-22/h4-16,19,27H,17-18H2,1-3H3,(H,32,33,34). The number of allylic oxidation sites excluding steroid dienone is 1. The zero-order valence-corrected chi connectivity index (χ0v) is 24.3. The molecule has 0 radical (unpaired) electrons. The number of hydrogen-bond donors (Lipinski definition) is 1. The number of thioether (sulfide) groups is 1. The van der Waals surface area contributed by atoms with Gasteiger partial charge in [-0.3, -0.25) is 0 Å². The molecule has 0 saturated heterocycles. The lowest BCUT2D eigenvalue weighted by molar-refractivity contribution is -0.143. The van der Waals surface area contributed by atoms with E-state index in [-0.39, 0.29) is 12.1 Å². The number of rotatable bonds is 9. The molecule has 1 atom stereocenters. The molecule has 4 aromatic rings. The summed E-state index contributed by atoms with van der Waals surface area (Å²) in [5, 5.41) is 8.70. The lowest BCUT2D eigenvalue weighted by Crippen LogP contribution is -2.30. The van der Waals surface area contributed by atoms with Gasteiger partial charge in [-0.25, -0.2) is 9.48 Å². The Balaban J connectivity index is 1.42. The number of halogens is 1. The summed E-state index contributed by atoms with van der Waals surface area (Å²) < 4.78 is 14.4. The molecule has 1 aliphatic rings. The summed E-state index contributed by atoms with van der Waals surface area (Å²) in [7, 11) is 0. The van der Waals surface area contributed by atoms with Crippen molar-refractivity contribution in [3.8, 4) is 5.75 Å². The van der Waals surface area contributed by atoms with Gasteiger partial charge in [0.05, 0.1) is 11.7 Å². The number of benzene rings is 3. The minimum Gasteiger partial charge on any atom is -0.489 e. The van der Waals surface area contributed by atoms with Crippen LogP contribution in [0.1, 0.15) is 43.5 Å². The van der Waals surface area contributed by atoms with E-state index < -0.39 is 6.04 Å². The molecule has 9 heteroatoms. The van der Waals surface area contributed by atoms with Crippen molar-refractivity contribution in [2.45, 2.75) is 50.4 Å². The van der Waals surface area contributed by atoms with Gasteiger partial charge in [0.1, 0.15) is 18.4 Å². The molecule has 0 amide bonds. The largest absolute Gasteiger partial charge is 0.489 e. The second kappa shape index (κ2) is 12.1. The highest BCUT2D eigenvalue weighted by Crippen LogP contribution is 2.37. The lowest BCUT2D eigenvalue weighted by atomic mass is 9.95. The van der Waals surface area contributed by atoms with Gasteiger partial charge in [-0.2, -0.15) is 4.98 Å². The van der Waals surface area contributed by atoms with E-state index in [1.807, 2.05) is 87.5 Å². The van der Waals surface area contributed by atoms with Crippen LogP contribution < -0.4 is 10.1 Å². The van der Waals surface area contributed by atoms with Crippen molar-refractivity contribution in [1.29, 1.82) is 0 Å². The van der Waals surface area contributed by atoms with Gasteiger partial charge in [0.15, 0.2) is 0 Å². The molecule has 200 valence electrons. The van der Waals surface area contributed by atoms with Crippen LogP contribution in [-0.4, -0.2) is 26.8 Å². The SMILES string of the molecule is CC1=C(C(=O)OC(C)C)C(c2ccc(OCc3cccc(Br)c3)cc2)n2nc(SCc3ccccc3)nc2N1. The maximum atomic E-state index is 13.3. The molecule has 39 heavy (non-hydrogen) atoms. The maximum absolute atomic E-state index is 13.3. The van der Waals surface area contributed by atoms with Crippen LogP contribution in [0.2, 0.25) is 0 Å². The maximum Gasteiger partial charge on any atom is 0.338 e. The first-order valence-electron chi connectivity index (χ1n) is 12.7. The van der Waals surface area contributed by atoms with Gasteiger partial charge >= 0.3 is 5.97 Å². The second-order valence-corrected chi connectivity index (χ2v) is 11.3. The number of aromatic nitrogens is 3. The summed E-state index contributed by atoms with van der Waals surface area (Å²) in [5.74, 6) is 1.68. The molecular formula is C30H29BrN4O3S. The summed E-state index contributed by atoms with van der Waals surface area (Å²) in [4.78, 5) is 18.0. The van der Waals surface area contributed by atoms with Crippen molar-refractivity contribution >= 4 is 39.6 Å². The molecule has 0 bridgehead atoms. The van der Waals surface area contributed by atoms with E-state index in [0.29, 0.717) is 29.0 Å². The van der Waals surface area contributed by atoms with Crippen molar-refractivity contribution in [3.05, 3.63) is 111 Å². The molecule has 0 aliphatic carbocycles. The van der Waals surface area contributed by atoms with E-state index >= 15 is 0 Å². The third kappa shape index (κ3) is 6.54. The topological polar surface area (TPSA) is 78.3 Å². The number of anilines is 1. The zero-order chi connectivity index (χ0) is 27.4. The molecule has 5 rings (SSSR count). The average Bonchev–Trinajstić information content (AvgIpc) is 3.33. The Hall–Kier alpha value is -3.56. The Morgan fingerprint density at radius 3 is 2.51 bits per heavy atom. The highest BCUT2D eigenvalue weighted by atomic mass is 79.9. The zero-order valence-electron chi connectivity index (χ0n) is 21.9. The Kier molecular flexibility index (Phi) is 8.38. The van der Waals surface area contributed by atoms with Gasteiger partial charge in [-0.05, 0) is 61.7 Å². The number of fused-ring (bicyclic) bond motifs is 1. The van der Waals surface area contributed by atoms with Gasteiger partial charge in [-0.1, -0.05) is 82.3 Å². The van der Waals surface area contributed by atoms with Crippen LogP contribution in [0.3, 0.4) is 0 Å². The Morgan fingerprint density at radius 1 is 1.05 bits per heavy atom. The smallest absolute Gasteiger partial charge is 0.338 e. The quantitative estimate of drug-likeness (QED) is 0.160. The van der Waals surface area contributed by atoms with Crippen LogP contribution in [0, 0.1) is 0 Å². The fourth-order valence-corrected chi connectivity index (χ4v) is 5.54. The lowest BCUT2D eigenvalue weighted by Gasteiger charge is -2.28. The minimum atomic E-state index is -0.495. The molecular weight excluding hydrogens is 576 g/mol. The fraction of sp³-hybridized carbons (Fsp3) is 0.233. The summed E-state index contributed by atoms with van der Waals surface area (Å²) in [6.45, 7) is 6.01. The number of ether oxygens (including phenoxy) is 2. The minimum absolute atomic E-state index is 0.249. The highest BCUT2D eigenvalue weighted by molar-refractivity contribution is 9.10. The summed E-state index contributed by atoms with van der Waals surface area (Å²) >= 11 is 5.05. The molecule has 0 saturated carbocycles. The number of carbonyl (C=O) groups excluding carboxylic acids is 1. The third-order valence-corrected chi connectivity index (χ3v) is 7.50. The van der Waals surface area contributed by atoms with Gasteiger partial charge in [0.2, 0.25) is 11.1 Å². The third-order valence-electron chi connectivity index (χ3n) is 6.10. The Bertz CT molecular complexity index is 1490. The van der Waals surface area contributed by atoms with Crippen molar-refractivity contribution in [2.24, 2.45) is 0 Å². The van der Waals surface area contributed by atoms with Crippen molar-refractivity contribution < 1.29 is 14.3 Å². The first kappa shape index (κ1) is 27.0. The van der Waals surface area contributed by atoms with Gasteiger partial charge in [0, 0.05) is 15.9 Å². The van der Waals surface area contributed by atoms with Crippen LogP contribution in [-0.2, 0) is 21.9 Å². The first-order chi connectivity index (χ1) is 18.9. The van der Waals surface area contributed by atoms with E-state index in [0.717, 1.165) is 27.1 Å². The van der Waals surface area contributed by atoms with Gasteiger partial charge in [-0.15, -0.1) is 5.10 Å². The average molecular weight is 606 g/mol. The molecule has 1 aliphatic heterocycles. The normalized spacial score (nSPS) is 14.6. The van der Waals surface area contributed by atoms with Crippen molar-refractivity contribution in [1.82, 2.24) is 14.8 Å². The second-order valence-electron chi connectivity index (χ2n) is 9.44. The van der Waals surface area contributed by atoms with Crippen LogP contribution >= 0.6 is 27.7 Å². The molecule has 1 N–H and O–H groups in total. The van der Waals surface area contributed by atoms with E-state index in [2.05, 4.69) is 33.4 Å². The highest BCUT2D eigenvalue weighted by Gasteiger charge is 2.35. The molecule has 0 spiro atoms. The van der Waals surface area contributed by atoms with E-state index in [1.54, 1.807) is 16.4 Å². The number of esters is 1. The van der Waals surface area contributed by atoms with E-state index in [4.69, 9.17) is 19.6 Å². The van der Waals surface area contributed by atoms with E-state index in [9.17, 15) is 4.79 Å². The number of carbonyl (C=O) groups is 1. The summed E-state index contributed by atoms with van der Waals surface area (Å²) in [6.07, 6.45) is -0.249. The first-order valence-corrected chi connectivity index (χ1v) is 14.4. The summed E-state index contributed by atoms with van der Waals surface area (Å²) in [5.41, 5.74) is 4.33. The predicted molar refractivity (Wildman–Crippen MR) is 157 cm³/mol. The number of nitrogens with zero attached hydrogens (tertiary/aromatic N) is 3. The van der Waals surface area contributed by atoms with Crippen LogP contribution in [0.15, 0.2) is 99.8 Å². The molecule has 7 nitrogen and oxygen atoms in total. The monoisotopic (exact) mass is 604 g/mol. The van der Waals surface area contributed by atoms with Crippen molar-refractivity contribution in [3.63, 3.8) is 0 Å². The van der Waals surface area contributed by atoms with E-state index in [1.165, 1.54) is 5.56 Å². The number of nitrogens with one attached hydrogen (secondary N) is 1. The molecule has 3 aromatic carbocycles. The van der Waals surface area contributed by atoms with Crippen LogP contribution in [0.4, 0.5) is 5.95 Å². The van der Waals surface area contributed by atoms with Crippen LogP contribution in [0.5, 0.6) is 5.75 Å². The molecule has 0 fully saturated rings. The molecule has 2 heterocycles. The molecule has 1 aromatic heterocycles. The Labute approximate surface area is 240 Å². The molecule has 1 unspecified atom stereocenters. The van der Waals surface area contributed by atoms with Gasteiger partial charge in [0.25, 0.3) is 0 Å². The number of hydrogen-bond acceptors (Lipinski definition) is 7. The summed E-state index contributed by atoms with van der Waals surface area (Å²) in [6, 6.07) is 25.5. The van der Waals surface area contributed by atoms with Crippen LogP contribution in [0.25, 0.3) is 0 Å². The predicted octanol–water partition coefficient (Wildman–Crippen LogP) is 7.15. The van der Waals surface area contributed by atoms with Crippen molar-refractivity contribution in [2.75, 3.05) is 5.32 Å². The Morgan fingerprint density at radius 2 is 1.79 bits per heavy atom. The van der Waals surface area contributed by atoms with Gasteiger partial charge < -0.3 is 14.8 Å².